The van der Waals surface area contributed by atoms with Crippen molar-refractivity contribution in [1.82, 2.24) is 0 Å². The van der Waals surface area contributed by atoms with Crippen molar-refractivity contribution < 1.29 is 80.2 Å². The monoisotopic (exact) mass is 1310 g/mol. The minimum Gasteiger partial charge on any atom is -0.462 e. The average Bonchev–Trinajstić information content (AvgIpc) is 3.68. The second-order valence-electron chi connectivity index (χ2n) is 26.9. The number of hydrogen-bond donors (Lipinski definition) is 3. The van der Waals surface area contributed by atoms with Crippen LogP contribution in [-0.2, 0) is 65.4 Å². The zero-order valence-corrected chi connectivity index (χ0v) is 59.8. The molecule has 0 aromatic carbocycles. The molecule has 19 heteroatoms. The molecular weight excluding hydrogens is 1170 g/mol. The van der Waals surface area contributed by atoms with Crippen LogP contribution in [0.15, 0.2) is 0 Å². The van der Waals surface area contributed by atoms with Crippen LogP contribution in [0.1, 0.15) is 344 Å². The first kappa shape index (κ1) is 87.1. The van der Waals surface area contributed by atoms with Crippen molar-refractivity contribution in [2.45, 2.75) is 363 Å². The van der Waals surface area contributed by atoms with E-state index in [9.17, 15) is 43.2 Å². The number of carbonyl (C=O) groups excluding carboxylic acids is 4. The Labute approximate surface area is 543 Å². The van der Waals surface area contributed by atoms with Gasteiger partial charge in [0.25, 0.3) is 0 Å². The van der Waals surface area contributed by atoms with Gasteiger partial charge in [-0.2, -0.15) is 0 Å². The van der Waals surface area contributed by atoms with Crippen molar-refractivity contribution in [3.63, 3.8) is 0 Å². The van der Waals surface area contributed by atoms with Crippen LogP contribution < -0.4 is 0 Å². The third-order valence-electron chi connectivity index (χ3n) is 16.4. The molecule has 3 unspecified atom stereocenters. The van der Waals surface area contributed by atoms with Gasteiger partial charge in [0.2, 0.25) is 0 Å². The minimum absolute atomic E-state index is 0.104. The van der Waals surface area contributed by atoms with E-state index >= 15 is 0 Å². The number of esters is 4. The Morgan fingerprint density at radius 3 is 0.798 bits per heavy atom. The molecule has 0 rings (SSSR count). The van der Waals surface area contributed by atoms with Gasteiger partial charge in [-0.3, -0.25) is 37.3 Å². The highest BCUT2D eigenvalue weighted by molar-refractivity contribution is 7.47. The molecule has 3 N–H and O–H groups in total. The van der Waals surface area contributed by atoms with Gasteiger partial charge < -0.3 is 33.8 Å². The summed E-state index contributed by atoms with van der Waals surface area (Å²) in [5, 5.41) is 10.6. The predicted molar refractivity (Wildman–Crippen MR) is 358 cm³/mol. The number of aliphatic hydroxyl groups excluding tert-OH is 1. The topological polar surface area (TPSA) is 237 Å². The molecule has 0 aliphatic heterocycles. The number of hydrogen-bond acceptors (Lipinski definition) is 15. The van der Waals surface area contributed by atoms with Crippen LogP contribution in [0.4, 0.5) is 0 Å². The molecule has 0 radical (unpaired) electrons. The SMILES string of the molecule is CCC(C)CCCCCCCCC(=O)OC[C@H](COP(=O)(O)OC[C@H](O)COP(=O)(O)OC[C@@H](COC(=O)CCCCCCCCCCCCCCC(C)C)OC(=O)CCCCCCCCCCC(C)C)OC(=O)CCCCCCCCCCCCC(C)C. The molecule has 0 aliphatic carbocycles. The smallest absolute Gasteiger partial charge is 0.462 e. The molecular formula is C70H136O17P2. The standard InChI is InChI=1S/C70H136O17P2/c1-9-63(8)49-41-33-28-29-35-43-51-68(73)81-57-66(86-69(74)52-44-36-26-19-15-14-17-23-31-39-47-61(4)5)59-85-89(78,79)83-55-64(71)54-82-88(76,77)84-58-65(87-70(75)53-45-37-27-21-20-24-32-40-48-62(6)7)56-80-67(72)50-42-34-25-18-13-11-10-12-16-22-30-38-46-60(2)3/h60-66,71H,9-59H2,1-8H3,(H,76,77)(H,78,79)/t63?,64-,65-,66-/m1/s1. The summed E-state index contributed by atoms with van der Waals surface area (Å²) in [6.45, 7) is 14.1. The first-order valence-corrected chi connectivity index (χ1v) is 39.2. The van der Waals surface area contributed by atoms with E-state index in [0.29, 0.717) is 25.7 Å². The summed E-state index contributed by atoms with van der Waals surface area (Å²) in [6, 6.07) is 0. The van der Waals surface area contributed by atoms with Crippen molar-refractivity contribution in [3.05, 3.63) is 0 Å². The molecule has 17 nitrogen and oxygen atoms in total. The number of unbranched alkanes of at least 4 members (excludes halogenated alkanes) is 32. The lowest BCUT2D eigenvalue weighted by molar-refractivity contribution is -0.161. The number of rotatable bonds is 67. The third-order valence-corrected chi connectivity index (χ3v) is 18.3. The van der Waals surface area contributed by atoms with Gasteiger partial charge >= 0.3 is 39.5 Å². The molecule has 0 fully saturated rings. The van der Waals surface area contributed by atoms with Gasteiger partial charge in [-0.05, 0) is 49.4 Å². The molecule has 0 aromatic rings. The summed E-state index contributed by atoms with van der Waals surface area (Å²) < 4.78 is 68.3. The molecule has 0 saturated carbocycles. The quantitative estimate of drug-likeness (QED) is 0.0222. The van der Waals surface area contributed by atoms with Crippen molar-refractivity contribution in [2.24, 2.45) is 23.7 Å². The second-order valence-corrected chi connectivity index (χ2v) is 29.8. The molecule has 0 aromatic heterocycles. The van der Waals surface area contributed by atoms with Gasteiger partial charge in [0.05, 0.1) is 26.4 Å². The maximum Gasteiger partial charge on any atom is 0.472 e. The predicted octanol–water partition coefficient (Wildman–Crippen LogP) is 19.7. The number of ether oxygens (including phenoxy) is 4. The van der Waals surface area contributed by atoms with E-state index in [-0.39, 0.29) is 25.7 Å². The Hall–Kier alpha value is -1.94. The molecule has 0 aliphatic rings. The van der Waals surface area contributed by atoms with Crippen molar-refractivity contribution in [3.8, 4) is 0 Å². The summed E-state index contributed by atoms with van der Waals surface area (Å²) in [5.41, 5.74) is 0. The van der Waals surface area contributed by atoms with Crippen LogP contribution in [0.5, 0.6) is 0 Å². The van der Waals surface area contributed by atoms with E-state index < -0.39 is 97.5 Å². The van der Waals surface area contributed by atoms with Gasteiger partial charge in [-0.25, -0.2) is 9.13 Å². The Bertz CT molecular complexity index is 1770. The Kier molecular flexibility index (Phi) is 58.5. The van der Waals surface area contributed by atoms with Crippen LogP contribution in [0.25, 0.3) is 0 Å². The van der Waals surface area contributed by atoms with Gasteiger partial charge in [0.1, 0.15) is 19.3 Å². The maximum absolute atomic E-state index is 13.0. The Balaban J connectivity index is 5.25. The fourth-order valence-electron chi connectivity index (χ4n) is 10.5. The van der Waals surface area contributed by atoms with E-state index in [1.807, 2.05) is 0 Å². The summed E-state index contributed by atoms with van der Waals surface area (Å²) in [4.78, 5) is 72.5. The van der Waals surface area contributed by atoms with Crippen molar-refractivity contribution >= 4 is 39.5 Å². The van der Waals surface area contributed by atoms with Crippen LogP contribution in [0, 0.1) is 23.7 Å². The average molecular weight is 1310 g/mol. The van der Waals surface area contributed by atoms with E-state index in [0.717, 1.165) is 120 Å². The molecule has 0 heterocycles. The summed E-state index contributed by atoms with van der Waals surface area (Å²) in [5.74, 6) is 0.852. The zero-order chi connectivity index (χ0) is 66.1. The third kappa shape index (κ3) is 63.2. The van der Waals surface area contributed by atoms with E-state index in [1.165, 1.54) is 141 Å². The number of phosphoric ester groups is 2. The highest BCUT2D eigenvalue weighted by Gasteiger charge is 2.30. The Morgan fingerprint density at radius 2 is 0.539 bits per heavy atom. The van der Waals surface area contributed by atoms with Crippen molar-refractivity contribution in [2.75, 3.05) is 39.6 Å². The van der Waals surface area contributed by atoms with E-state index in [4.69, 9.17) is 37.0 Å². The van der Waals surface area contributed by atoms with Crippen LogP contribution in [0.3, 0.4) is 0 Å². The largest absolute Gasteiger partial charge is 0.472 e. The van der Waals surface area contributed by atoms with Gasteiger partial charge in [0, 0.05) is 25.7 Å². The summed E-state index contributed by atoms with van der Waals surface area (Å²) >= 11 is 0. The number of phosphoric acid groups is 2. The highest BCUT2D eigenvalue weighted by atomic mass is 31.2. The van der Waals surface area contributed by atoms with Gasteiger partial charge in [0.15, 0.2) is 12.2 Å². The van der Waals surface area contributed by atoms with Crippen LogP contribution >= 0.6 is 15.6 Å². The summed E-state index contributed by atoms with van der Waals surface area (Å²) in [6.07, 6.45) is 41.7. The minimum atomic E-state index is -4.95. The second kappa shape index (κ2) is 59.8. The fraction of sp³-hybridized carbons (Fsp3) is 0.943. The van der Waals surface area contributed by atoms with Gasteiger partial charge in [-0.15, -0.1) is 0 Å². The lowest BCUT2D eigenvalue weighted by atomic mass is 10.00. The molecule has 6 atom stereocenters. The lowest BCUT2D eigenvalue weighted by Crippen LogP contribution is -2.30. The highest BCUT2D eigenvalue weighted by Crippen LogP contribution is 2.45. The molecule has 0 saturated heterocycles. The van der Waals surface area contributed by atoms with E-state index in [2.05, 4.69) is 55.4 Å². The molecule has 89 heavy (non-hydrogen) atoms. The lowest BCUT2D eigenvalue weighted by Gasteiger charge is -2.21. The van der Waals surface area contributed by atoms with Crippen LogP contribution in [-0.4, -0.2) is 96.7 Å². The maximum atomic E-state index is 13.0. The molecule has 0 amide bonds. The molecule has 528 valence electrons. The normalized spacial score (nSPS) is 14.6. The summed E-state index contributed by atoms with van der Waals surface area (Å²) in [7, 11) is -9.90. The number of carbonyl (C=O) groups is 4. The molecule has 0 spiro atoms. The Morgan fingerprint density at radius 1 is 0.315 bits per heavy atom. The number of aliphatic hydroxyl groups is 1. The van der Waals surface area contributed by atoms with Crippen molar-refractivity contribution in [1.29, 1.82) is 0 Å². The first-order valence-electron chi connectivity index (χ1n) is 36.2. The zero-order valence-electron chi connectivity index (χ0n) is 58.1. The fourth-order valence-corrected chi connectivity index (χ4v) is 12.0. The van der Waals surface area contributed by atoms with Crippen LogP contribution in [0.2, 0.25) is 0 Å². The first-order chi connectivity index (χ1) is 42.6. The van der Waals surface area contributed by atoms with E-state index in [1.54, 1.807) is 0 Å². The molecule has 0 bridgehead atoms. The van der Waals surface area contributed by atoms with Gasteiger partial charge in [-0.1, -0.05) is 293 Å².